The molecule has 9 nitrogen and oxygen atoms in total. The van der Waals surface area contributed by atoms with Gasteiger partial charge in [-0.25, -0.2) is 9.78 Å². The first-order chi connectivity index (χ1) is 19.9. The topological polar surface area (TPSA) is 125 Å². The third kappa shape index (κ3) is 8.66. The maximum absolute atomic E-state index is 13.7. The molecule has 1 radical (unpaired) electrons. The molecule has 4 rings (SSSR count). The van der Waals surface area contributed by atoms with E-state index in [0.717, 1.165) is 28.3 Å². The Labute approximate surface area is 240 Å². The van der Waals surface area contributed by atoms with Crippen molar-refractivity contribution in [2.75, 3.05) is 0 Å². The van der Waals surface area contributed by atoms with Crippen molar-refractivity contribution in [3.05, 3.63) is 109 Å². The number of carbonyl (C=O) groups excluding carboxylic acids is 3. The molecule has 1 heterocycles. The lowest BCUT2D eigenvalue weighted by molar-refractivity contribution is -0.129. The fourth-order valence-corrected chi connectivity index (χ4v) is 4.34. The number of alkyl carbamates (subject to hydrolysis) is 1. The number of imidazole rings is 1. The van der Waals surface area contributed by atoms with Crippen molar-refractivity contribution in [1.29, 1.82) is 0 Å². The van der Waals surface area contributed by atoms with Crippen molar-refractivity contribution >= 4 is 28.7 Å². The maximum Gasteiger partial charge on any atom is 0.408 e. The molecule has 3 aromatic carbocycles. The number of nitrogens with one attached hydrogen (secondary N) is 4. The first-order valence-electron chi connectivity index (χ1n) is 13.8. The molecule has 0 aliphatic heterocycles. The summed E-state index contributed by atoms with van der Waals surface area (Å²) in [7, 11) is 0. The van der Waals surface area contributed by atoms with Crippen LogP contribution < -0.4 is 16.0 Å². The predicted molar refractivity (Wildman–Crippen MR) is 157 cm³/mol. The van der Waals surface area contributed by atoms with Crippen LogP contribution in [0, 0.1) is 12.5 Å². The zero-order valence-electron chi connectivity index (χ0n) is 23.3. The van der Waals surface area contributed by atoms with Gasteiger partial charge in [0, 0.05) is 19.0 Å². The van der Waals surface area contributed by atoms with Crippen LogP contribution in [0.25, 0.3) is 10.8 Å². The maximum atomic E-state index is 13.7. The Bertz CT molecular complexity index is 1420. The molecule has 0 aliphatic carbocycles. The highest BCUT2D eigenvalue weighted by atomic mass is 16.5. The van der Waals surface area contributed by atoms with Crippen molar-refractivity contribution in [3.63, 3.8) is 0 Å². The smallest absolute Gasteiger partial charge is 0.408 e. The van der Waals surface area contributed by atoms with Crippen molar-refractivity contribution in [1.82, 2.24) is 25.9 Å². The Hall–Kier alpha value is -4.66. The van der Waals surface area contributed by atoms with Crippen LogP contribution in [0.15, 0.2) is 85.3 Å². The van der Waals surface area contributed by atoms with Crippen molar-refractivity contribution in [2.45, 2.75) is 51.8 Å². The second-order valence-electron chi connectivity index (χ2n) is 9.99. The third-order valence-electron chi connectivity index (χ3n) is 6.88. The van der Waals surface area contributed by atoms with Crippen LogP contribution >= 0.6 is 0 Å². The summed E-state index contributed by atoms with van der Waals surface area (Å²) >= 11 is 0. The van der Waals surface area contributed by atoms with Crippen LogP contribution in [0.5, 0.6) is 0 Å². The minimum Gasteiger partial charge on any atom is -0.445 e. The highest BCUT2D eigenvalue weighted by molar-refractivity contribution is 5.93. The van der Waals surface area contributed by atoms with E-state index in [0.29, 0.717) is 5.69 Å². The predicted octanol–water partition coefficient (Wildman–Crippen LogP) is 4.45. The van der Waals surface area contributed by atoms with Gasteiger partial charge < -0.3 is 25.7 Å². The number of fused-ring (bicyclic) bond motifs is 1. The molecule has 9 heteroatoms. The highest BCUT2D eigenvalue weighted by Crippen LogP contribution is 2.20. The molecule has 0 spiro atoms. The number of carbonyl (C=O) groups is 3. The summed E-state index contributed by atoms with van der Waals surface area (Å²) in [6.45, 7) is 5.80. The molecule has 0 aliphatic rings. The number of nitrogens with zero attached hydrogens (tertiary/aromatic N) is 1. The van der Waals surface area contributed by atoms with Crippen molar-refractivity contribution in [2.24, 2.45) is 5.92 Å². The number of benzene rings is 3. The first-order valence-corrected chi connectivity index (χ1v) is 13.8. The zero-order valence-corrected chi connectivity index (χ0v) is 23.3. The Morgan fingerprint density at radius 2 is 1.63 bits per heavy atom. The van der Waals surface area contributed by atoms with Gasteiger partial charge in [0.25, 0.3) is 0 Å². The van der Waals surface area contributed by atoms with E-state index in [-0.39, 0.29) is 31.3 Å². The minimum atomic E-state index is -1.00. The number of H-pyrrole nitrogens is 1. The molecule has 213 valence electrons. The first kappa shape index (κ1) is 29.3. The van der Waals surface area contributed by atoms with Gasteiger partial charge in [0.2, 0.25) is 11.8 Å². The molecule has 0 fully saturated rings. The van der Waals surface area contributed by atoms with Gasteiger partial charge in [0.1, 0.15) is 18.7 Å². The number of hydrogen-bond donors (Lipinski definition) is 4. The Balaban J connectivity index is 1.53. The minimum absolute atomic E-state index is 0.0604. The van der Waals surface area contributed by atoms with Crippen LogP contribution in [-0.4, -0.2) is 40.0 Å². The summed E-state index contributed by atoms with van der Waals surface area (Å²) in [6, 6.07) is 21.1. The average molecular weight is 555 g/mol. The Morgan fingerprint density at radius 1 is 0.902 bits per heavy atom. The summed E-state index contributed by atoms with van der Waals surface area (Å²) in [5, 5.41) is 10.4. The molecule has 3 atom stereocenters. The number of amides is 3. The fourth-order valence-electron chi connectivity index (χ4n) is 4.34. The van der Waals surface area contributed by atoms with Crippen LogP contribution in [0.2, 0.25) is 0 Å². The van der Waals surface area contributed by atoms with Crippen molar-refractivity contribution in [3.8, 4) is 0 Å². The third-order valence-corrected chi connectivity index (χ3v) is 6.88. The monoisotopic (exact) mass is 554 g/mol. The normalized spacial score (nSPS) is 13.1. The summed E-state index contributed by atoms with van der Waals surface area (Å²) in [5.74, 6) is -0.702. The van der Waals surface area contributed by atoms with E-state index >= 15 is 0 Å². The van der Waals surface area contributed by atoms with Crippen LogP contribution in [0.1, 0.15) is 37.1 Å². The number of hydrogen-bond acceptors (Lipinski definition) is 5. The van der Waals surface area contributed by atoms with E-state index in [9.17, 15) is 14.4 Å². The number of rotatable bonds is 13. The van der Waals surface area contributed by atoms with E-state index in [4.69, 9.17) is 4.74 Å². The largest absolute Gasteiger partial charge is 0.445 e. The van der Waals surface area contributed by atoms with E-state index in [1.165, 1.54) is 6.33 Å². The van der Waals surface area contributed by atoms with Gasteiger partial charge >= 0.3 is 6.09 Å². The molecular weight excluding hydrogens is 518 g/mol. The van der Waals surface area contributed by atoms with Crippen LogP contribution in [-0.2, 0) is 33.8 Å². The lowest BCUT2D eigenvalue weighted by atomic mass is 9.98. The summed E-state index contributed by atoms with van der Waals surface area (Å²) in [6.07, 6.45) is 3.70. The lowest BCUT2D eigenvalue weighted by Crippen LogP contribution is -2.55. The molecule has 4 aromatic rings. The summed E-state index contributed by atoms with van der Waals surface area (Å²) in [5.41, 5.74) is 2.32. The molecule has 0 saturated heterocycles. The molecular formula is C32H36N5O4. The molecule has 3 amide bonds. The zero-order chi connectivity index (χ0) is 29.0. The number of aromatic amines is 1. The van der Waals surface area contributed by atoms with Gasteiger partial charge in [-0.05, 0) is 27.8 Å². The quantitative estimate of drug-likeness (QED) is 0.194. The molecule has 1 aromatic heterocycles. The Kier molecular flexibility index (Phi) is 10.5. The van der Waals surface area contributed by atoms with Gasteiger partial charge in [-0.2, -0.15) is 0 Å². The van der Waals surface area contributed by atoms with E-state index in [1.807, 2.05) is 86.6 Å². The van der Waals surface area contributed by atoms with Gasteiger partial charge in [-0.1, -0.05) is 93.1 Å². The standard InChI is InChI=1S/C32H36N5O4/c1-3-22(2)18-34-30(38)29(17-26-19-33-21-35-26)36-31(39)28(37-32(40)41-20-23-10-5-4-6-11-23)16-25-14-9-13-24-12-7-8-15-27(24)25/h4-15,18-19,21-22,28-29H,3,16-17,20H2,1-2H3,(H,33,35)(H,34,38)(H,36,39)(H,37,40)/t22?,28-,29?/m1/s1. The SMILES string of the molecule is CCC(C)[CH]NC(=O)C(Cc1c[nH]cn1)NC(=O)[C@@H](Cc1cccc2ccccc12)NC(=O)OCc1ccccc1. The van der Waals surface area contributed by atoms with Crippen LogP contribution in [0.4, 0.5) is 4.79 Å². The second-order valence-corrected chi connectivity index (χ2v) is 9.99. The molecule has 41 heavy (non-hydrogen) atoms. The second kappa shape index (κ2) is 14.6. The lowest BCUT2D eigenvalue weighted by Gasteiger charge is -2.23. The number of ether oxygens (including phenoxy) is 1. The number of aromatic nitrogens is 2. The highest BCUT2D eigenvalue weighted by Gasteiger charge is 2.29. The van der Waals surface area contributed by atoms with E-state index < -0.39 is 24.1 Å². The van der Waals surface area contributed by atoms with Gasteiger partial charge in [-0.3, -0.25) is 9.59 Å². The van der Waals surface area contributed by atoms with Crippen molar-refractivity contribution < 1.29 is 19.1 Å². The summed E-state index contributed by atoms with van der Waals surface area (Å²) < 4.78 is 5.42. The molecule has 0 bridgehead atoms. The molecule has 2 unspecified atom stereocenters. The molecule has 4 N–H and O–H groups in total. The van der Waals surface area contributed by atoms with Gasteiger partial charge in [-0.15, -0.1) is 0 Å². The molecule has 0 saturated carbocycles. The van der Waals surface area contributed by atoms with E-state index in [1.54, 1.807) is 12.7 Å². The average Bonchev–Trinajstić information content (AvgIpc) is 3.52. The summed E-state index contributed by atoms with van der Waals surface area (Å²) in [4.78, 5) is 46.8. The van der Waals surface area contributed by atoms with Gasteiger partial charge in [0.05, 0.1) is 18.6 Å². The van der Waals surface area contributed by atoms with Crippen LogP contribution in [0.3, 0.4) is 0 Å². The van der Waals surface area contributed by atoms with E-state index in [2.05, 4.69) is 25.9 Å². The Morgan fingerprint density at radius 3 is 2.39 bits per heavy atom. The van der Waals surface area contributed by atoms with Gasteiger partial charge in [0.15, 0.2) is 0 Å². The fraction of sp³-hybridized carbons (Fsp3) is 0.281.